The number of carbonyl (C=O) groups excluding carboxylic acids is 1. The van der Waals surface area contributed by atoms with Crippen LogP contribution in [0.2, 0.25) is 0 Å². The monoisotopic (exact) mass is 266 g/mol. The van der Waals surface area contributed by atoms with E-state index in [1.54, 1.807) is 12.1 Å². The molecule has 0 aliphatic heterocycles. The number of rotatable bonds is 4. The molecular formula is C10H10N4OS2. The van der Waals surface area contributed by atoms with Crippen LogP contribution in [0.1, 0.15) is 15.9 Å². The lowest BCUT2D eigenvalue weighted by Gasteiger charge is -2.04. The topological polar surface area (TPSA) is 94.9 Å². The fraction of sp³-hybridized carbons (Fsp3) is 0.100. The minimum absolute atomic E-state index is 0.419. The number of aromatic nitrogens is 2. The minimum Gasteiger partial charge on any atom is -0.374 e. The second-order valence-electron chi connectivity index (χ2n) is 3.22. The molecule has 0 aliphatic rings. The fourth-order valence-corrected chi connectivity index (χ4v) is 2.94. The smallest absolute Gasteiger partial charge is 0.249 e. The summed E-state index contributed by atoms with van der Waals surface area (Å²) < 4.78 is 0.779. The molecular weight excluding hydrogens is 256 g/mol. The Bertz CT molecular complexity index is 541. The van der Waals surface area contributed by atoms with Gasteiger partial charge in [-0.2, -0.15) is 0 Å². The van der Waals surface area contributed by atoms with Crippen molar-refractivity contribution in [1.29, 1.82) is 0 Å². The van der Waals surface area contributed by atoms with Gasteiger partial charge in [0.15, 0.2) is 4.34 Å². The van der Waals surface area contributed by atoms with Crippen LogP contribution in [-0.2, 0) is 5.75 Å². The molecule has 0 atom stereocenters. The number of carbonyl (C=O) groups is 1. The van der Waals surface area contributed by atoms with Gasteiger partial charge in [-0.1, -0.05) is 41.3 Å². The lowest BCUT2D eigenvalue weighted by molar-refractivity contribution is 0.0999. The van der Waals surface area contributed by atoms with Crippen molar-refractivity contribution < 1.29 is 4.79 Å². The highest BCUT2D eigenvalue weighted by atomic mass is 32.2. The van der Waals surface area contributed by atoms with Gasteiger partial charge in [-0.25, -0.2) is 0 Å². The number of anilines is 1. The highest BCUT2D eigenvalue weighted by Gasteiger charge is 2.09. The summed E-state index contributed by atoms with van der Waals surface area (Å²) in [6.45, 7) is 0. The Morgan fingerprint density at radius 3 is 2.76 bits per heavy atom. The largest absolute Gasteiger partial charge is 0.374 e. The zero-order valence-electron chi connectivity index (χ0n) is 8.79. The summed E-state index contributed by atoms with van der Waals surface area (Å²) in [5.41, 5.74) is 12.2. The number of amides is 1. The molecule has 0 radical (unpaired) electrons. The molecule has 7 heteroatoms. The zero-order valence-corrected chi connectivity index (χ0v) is 10.4. The Hall–Kier alpha value is -1.60. The number of primary amides is 1. The molecule has 0 unspecified atom stereocenters. The number of nitrogen functional groups attached to an aromatic ring is 1. The van der Waals surface area contributed by atoms with Crippen LogP contribution in [0.4, 0.5) is 5.13 Å². The Morgan fingerprint density at radius 1 is 1.35 bits per heavy atom. The zero-order chi connectivity index (χ0) is 12.3. The molecule has 0 aliphatic carbocycles. The molecule has 0 saturated carbocycles. The molecule has 2 rings (SSSR count). The average Bonchev–Trinajstić information content (AvgIpc) is 2.73. The molecule has 1 aromatic heterocycles. The molecule has 0 fully saturated rings. The minimum atomic E-state index is -0.419. The van der Waals surface area contributed by atoms with E-state index in [2.05, 4.69) is 10.2 Å². The van der Waals surface area contributed by atoms with Crippen LogP contribution < -0.4 is 11.5 Å². The third kappa shape index (κ3) is 2.95. The summed E-state index contributed by atoms with van der Waals surface area (Å²) in [4.78, 5) is 11.2. The Kier molecular flexibility index (Phi) is 3.60. The van der Waals surface area contributed by atoms with Gasteiger partial charge in [-0.15, -0.1) is 10.2 Å². The lowest BCUT2D eigenvalue weighted by Crippen LogP contribution is -2.13. The first-order valence-corrected chi connectivity index (χ1v) is 6.56. The van der Waals surface area contributed by atoms with E-state index >= 15 is 0 Å². The van der Waals surface area contributed by atoms with Gasteiger partial charge in [-0.05, 0) is 11.6 Å². The first kappa shape index (κ1) is 11.9. The first-order chi connectivity index (χ1) is 8.16. The second-order valence-corrected chi connectivity index (χ2v) is 5.45. The Balaban J connectivity index is 2.11. The molecule has 2 aromatic rings. The summed E-state index contributed by atoms with van der Waals surface area (Å²) in [7, 11) is 0. The van der Waals surface area contributed by atoms with E-state index < -0.39 is 5.91 Å². The number of hydrogen-bond donors (Lipinski definition) is 2. The number of benzene rings is 1. The maximum Gasteiger partial charge on any atom is 0.249 e. The number of hydrogen-bond acceptors (Lipinski definition) is 6. The quantitative estimate of drug-likeness (QED) is 0.818. The maximum atomic E-state index is 11.2. The van der Waals surface area contributed by atoms with Gasteiger partial charge in [0.25, 0.3) is 0 Å². The van der Waals surface area contributed by atoms with E-state index in [0.29, 0.717) is 16.4 Å². The standard InChI is InChI=1S/C10H10N4OS2/c11-8(15)7-4-2-1-3-6(7)5-16-10-14-13-9(12)17-10/h1-4H,5H2,(H2,11,15)(H2,12,13). The van der Waals surface area contributed by atoms with Crippen LogP contribution in [0.5, 0.6) is 0 Å². The predicted octanol–water partition coefficient (Wildman–Crippen LogP) is 1.51. The van der Waals surface area contributed by atoms with Crippen molar-refractivity contribution in [1.82, 2.24) is 10.2 Å². The van der Waals surface area contributed by atoms with E-state index in [0.717, 1.165) is 9.90 Å². The van der Waals surface area contributed by atoms with Crippen LogP contribution in [-0.4, -0.2) is 16.1 Å². The summed E-state index contributed by atoms with van der Waals surface area (Å²) in [5, 5.41) is 8.06. The van der Waals surface area contributed by atoms with E-state index in [1.165, 1.54) is 23.1 Å². The van der Waals surface area contributed by atoms with Crippen LogP contribution in [0.25, 0.3) is 0 Å². The normalized spacial score (nSPS) is 10.4. The SMILES string of the molecule is NC(=O)c1ccccc1CSc1nnc(N)s1. The molecule has 0 spiro atoms. The van der Waals surface area contributed by atoms with Crippen LogP contribution in [0.15, 0.2) is 28.6 Å². The van der Waals surface area contributed by atoms with Gasteiger partial charge in [0.2, 0.25) is 11.0 Å². The van der Waals surface area contributed by atoms with Crippen molar-refractivity contribution in [3.8, 4) is 0 Å². The van der Waals surface area contributed by atoms with Crippen LogP contribution in [0.3, 0.4) is 0 Å². The van der Waals surface area contributed by atoms with E-state index in [1.807, 2.05) is 12.1 Å². The van der Waals surface area contributed by atoms with Crippen LogP contribution in [0, 0.1) is 0 Å². The van der Waals surface area contributed by atoms with E-state index in [-0.39, 0.29) is 0 Å². The molecule has 17 heavy (non-hydrogen) atoms. The highest BCUT2D eigenvalue weighted by molar-refractivity contribution is 8.00. The van der Waals surface area contributed by atoms with Crippen LogP contribution >= 0.6 is 23.1 Å². The predicted molar refractivity (Wildman–Crippen MR) is 68.8 cm³/mol. The number of nitrogens with zero attached hydrogens (tertiary/aromatic N) is 2. The molecule has 1 heterocycles. The third-order valence-corrected chi connectivity index (χ3v) is 3.99. The molecule has 88 valence electrons. The van der Waals surface area contributed by atoms with Crippen molar-refractivity contribution in [2.24, 2.45) is 5.73 Å². The van der Waals surface area contributed by atoms with Gasteiger partial charge >= 0.3 is 0 Å². The van der Waals surface area contributed by atoms with Gasteiger partial charge in [0, 0.05) is 11.3 Å². The van der Waals surface area contributed by atoms with E-state index in [9.17, 15) is 4.79 Å². The van der Waals surface area contributed by atoms with Crippen molar-refractivity contribution in [2.75, 3.05) is 5.73 Å². The summed E-state index contributed by atoms with van der Waals surface area (Å²) in [6.07, 6.45) is 0. The molecule has 5 nitrogen and oxygen atoms in total. The average molecular weight is 266 g/mol. The fourth-order valence-electron chi connectivity index (χ4n) is 1.30. The highest BCUT2D eigenvalue weighted by Crippen LogP contribution is 2.27. The first-order valence-electron chi connectivity index (χ1n) is 4.76. The second kappa shape index (κ2) is 5.15. The summed E-state index contributed by atoms with van der Waals surface area (Å²) in [5.74, 6) is 0.200. The van der Waals surface area contributed by atoms with Gasteiger partial charge in [-0.3, -0.25) is 4.79 Å². The van der Waals surface area contributed by atoms with Crippen molar-refractivity contribution >= 4 is 34.1 Å². The summed E-state index contributed by atoms with van der Waals surface area (Å²) in [6, 6.07) is 7.25. The molecule has 0 saturated heterocycles. The lowest BCUT2D eigenvalue weighted by atomic mass is 10.1. The Labute approximate surface area is 106 Å². The molecule has 0 bridgehead atoms. The van der Waals surface area contributed by atoms with Crippen molar-refractivity contribution in [3.63, 3.8) is 0 Å². The number of nitrogens with two attached hydrogens (primary N) is 2. The van der Waals surface area contributed by atoms with Crippen molar-refractivity contribution in [3.05, 3.63) is 35.4 Å². The molecule has 4 N–H and O–H groups in total. The van der Waals surface area contributed by atoms with Gasteiger partial charge < -0.3 is 11.5 Å². The number of thioether (sulfide) groups is 1. The molecule has 1 amide bonds. The third-order valence-electron chi connectivity index (χ3n) is 2.06. The van der Waals surface area contributed by atoms with Gasteiger partial charge in [0.05, 0.1) is 0 Å². The van der Waals surface area contributed by atoms with Gasteiger partial charge in [0.1, 0.15) is 0 Å². The maximum absolute atomic E-state index is 11.2. The summed E-state index contributed by atoms with van der Waals surface area (Å²) >= 11 is 2.81. The molecule has 1 aromatic carbocycles. The van der Waals surface area contributed by atoms with Crippen molar-refractivity contribution in [2.45, 2.75) is 10.1 Å². The van der Waals surface area contributed by atoms with E-state index in [4.69, 9.17) is 11.5 Å². The Morgan fingerprint density at radius 2 is 2.12 bits per heavy atom.